The van der Waals surface area contributed by atoms with Gasteiger partial charge in [0, 0.05) is 12.0 Å². The average molecular weight is 251 g/mol. The van der Waals surface area contributed by atoms with Crippen LogP contribution in [0.3, 0.4) is 0 Å². The number of carbonyl (C=O) groups is 1. The molecule has 0 aromatic carbocycles. The van der Waals surface area contributed by atoms with Crippen LogP contribution in [0.2, 0.25) is 0 Å². The normalized spacial score (nSPS) is 45.2. The highest BCUT2D eigenvalue weighted by atomic mass is 16.5. The molecule has 0 unspecified atom stereocenters. The molecule has 18 heavy (non-hydrogen) atoms. The molecule has 4 rings (SSSR count). The highest BCUT2D eigenvalue weighted by Crippen LogP contribution is 2.58. The quantitative estimate of drug-likeness (QED) is 0.781. The van der Waals surface area contributed by atoms with Crippen molar-refractivity contribution in [1.29, 1.82) is 0 Å². The van der Waals surface area contributed by atoms with Gasteiger partial charge in [0.1, 0.15) is 0 Å². The van der Waals surface area contributed by atoms with Gasteiger partial charge >= 0.3 is 5.97 Å². The van der Waals surface area contributed by atoms with E-state index in [1.807, 2.05) is 0 Å². The van der Waals surface area contributed by atoms with Gasteiger partial charge in [0.2, 0.25) is 0 Å². The minimum absolute atomic E-state index is 0.0292. The number of carbonyl (C=O) groups excluding carboxylic acids is 1. The Bertz CT molecular complexity index is 311. The van der Waals surface area contributed by atoms with Crippen molar-refractivity contribution in [3.05, 3.63) is 0 Å². The second-order valence-corrected chi connectivity index (χ2v) is 6.85. The molecule has 0 atom stereocenters. The van der Waals surface area contributed by atoms with Gasteiger partial charge in [-0.15, -0.1) is 0 Å². The zero-order valence-corrected chi connectivity index (χ0v) is 11.4. The molecule has 3 heteroatoms. The predicted octanol–water partition coefficient (Wildman–Crippen LogP) is 2.48. The molecule has 0 aromatic heterocycles. The van der Waals surface area contributed by atoms with E-state index in [4.69, 9.17) is 10.5 Å². The lowest BCUT2D eigenvalue weighted by Crippen LogP contribution is -2.62. The number of rotatable bonds is 4. The highest BCUT2D eigenvalue weighted by molar-refractivity contribution is 5.69. The van der Waals surface area contributed by atoms with Crippen LogP contribution in [0.15, 0.2) is 0 Å². The molecule has 3 nitrogen and oxygen atoms in total. The molecule has 0 radical (unpaired) electrons. The zero-order chi connectivity index (χ0) is 12.8. The summed E-state index contributed by atoms with van der Waals surface area (Å²) in [6.45, 7) is 0. The fourth-order valence-electron chi connectivity index (χ4n) is 5.11. The van der Waals surface area contributed by atoms with Crippen molar-refractivity contribution >= 4 is 5.97 Å². The molecule has 4 bridgehead atoms. The Labute approximate surface area is 109 Å². The highest BCUT2D eigenvalue weighted by Gasteiger charge is 2.54. The summed E-state index contributed by atoms with van der Waals surface area (Å²) in [5.74, 6) is 3.29. The summed E-state index contributed by atoms with van der Waals surface area (Å²) in [5.41, 5.74) is 6.80. The summed E-state index contributed by atoms with van der Waals surface area (Å²) < 4.78 is 4.71. The monoisotopic (exact) mass is 251 g/mol. The van der Waals surface area contributed by atoms with Crippen molar-refractivity contribution in [2.24, 2.45) is 29.4 Å². The number of ether oxygens (including phenoxy) is 1. The summed E-state index contributed by atoms with van der Waals surface area (Å²) in [4.78, 5) is 11.2. The summed E-state index contributed by atoms with van der Waals surface area (Å²) in [6, 6.07) is 0. The van der Waals surface area contributed by atoms with Crippen LogP contribution in [0.1, 0.15) is 51.4 Å². The third-order valence-corrected chi connectivity index (χ3v) is 5.88. The molecule has 0 aliphatic heterocycles. The number of hydrogen-bond acceptors (Lipinski definition) is 3. The van der Waals surface area contributed by atoms with Crippen LogP contribution >= 0.6 is 0 Å². The van der Waals surface area contributed by atoms with Gasteiger partial charge in [0.05, 0.1) is 7.11 Å². The number of nitrogens with two attached hydrogens (primary N) is 1. The first kappa shape index (κ1) is 12.5. The summed E-state index contributed by atoms with van der Waals surface area (Å²) in [7, 11) is 1.46. The van der Waals surface area contributed by atoms with E-state index < -0.39 is 0 Å². The van der Waals surface area contributed by atoms with E-state index in [0.717, 1.165) is 36.5 Å². The van der Waals surface area contributed by atoms with E-state index in [1.54, 1.807) is 0 Å². The van der Waals surface area contributed by atoms with Crippen LogP contribution in [0, 0.1) is 23.7 Å². The Morgan fingerprint density at radius 1 is 1.17 bits per heavy atom. The van der Waals surface area contributed by atoms with E-state index in [0.29, 0.717) is 6.42 Å². The second-order valence-electron chi connectivity index (χ2n) is 6.85. The Balaban J connectivity index is 1.62. The third kappa shape index (κ3) is 1.97. The minimum Gasteiger partial charge on any atom is -0.469 e. The Morgan fingerprint density at radius 3 is 2.22 bits per heavy atom. The predicted molar refractivity (Wildman–Crippen MR) is 69.8 cm³/mol. The fraction of sp³-hybridized carbons (Fsp3) is 0.933. The molecular weight excluding hydrogens is 226 g/mol. The molecule has 4 fully saturated rings. The van der Waals surface area contributed by atoms with Gasteiger partial charge in [-0.2, -0.15) is 0 Å². The second kappa shape index (κ2) is 4.52. The number of methoxy groups -OCH3 is 1. The molecule has 4 aliphatic rings. The molecule has 2 N–H and O–H groups in total. The summed E-state index contributed by atoms with van der Waals surface area (Å²) in [6.07, 6.45) is 9.29. The van der Waals surface area contributed by atoms with Crippen LogP contribution in [-0.4, -0.2) is 18.6 Å². The van der Waals surface area contributed by atoms with Gasteiger partial charge in [-0.3, -0.25) is 4.79 Å². The standard InChI is InChI=1S/C15H25NO2/c1-18-14(17)3-2-4-15(16)12-6-10-5-11(8-12)9-13(15)7-10/h10-13H,2-9,16H2,1H3. The molecule has 0 aromatic rings. The van der Waals surface area contributed by atoms with Gasteiger partial charge in [0.25, 0.3) is 0 Å². The summed E-state index contributed by atoms with van der Waals surface area (Å²) >= 11 is 0. The van der Waals surface area contributed by atoms with Crippen molar-refractivity contribution < 1.29 is 9.53 Å². The summed E-state index contributed by atoms with van der Waals surface area (Å²) in [5, 5.41) is 0. The van der Waals surface area contributed by atoms with Crippen molar-refractivity contribution in [3.8, 4) is 0 Å². The van der Waals surface area contributed by atoms with Gasteiger partial charge < -0.3 is 10.5 Å². The van der Waals surface area contributed by atoms with E-state index in [9.17, 15) is 4.79 Å². The zero-order valence-electron chi connectivity index (χ0n) is 11.4. The molecule has 4 saturated carbocycles. The largest absolute Gasteiger partial charge is 0.469 e. The van der Waals surface area contributed by atoms with Crippen LogP contribution in [0.5, 0.6) is 0 Å². The fourth-order valence-corrected chi connectivity index (χ4v) is 5.11. The number of esters is 1. The average Bonchev–Trinajstić information content (AvgIpc) is 2.35. The first-order valence-electron chi connectivity index (χ1n) is 7.47. The molecule has 102 valence electrons. The first-order valence-corrected chi connectivity index (χ1v) is 7.47. The van der Waals surface area contributed by atoms with Crippen molar-refractivity contribution in [2.75, 3.05) is 7.11 Å². The Hall–Kier alpha value is -0.570. The molecule has 0 amide bonds. The lowest BCUT2D eigenvalue weighted by molar-refractivity contribution is -0.141. The molecular formula is C15H25NO2. The molecule has 4 aliphatic carbocycles. The topological polar surface area (TPSA) is 52.3 Å². The Morgan fingerprint density at radius 2 is 1.72 bits per heavy atom. The molecule has 0 heterocycles. The lowest BCUT2D eigenvalue weighted by Gasteiger charge is -2.60. The van der Waals surface area contributed by atoms with Gasteiger partial charge in [0.15, 0.2) is 0 Å². The van der Waals surface area contributed by atoms with Gasteiger partial charge in [-0.05, 0) is 68.6 Å². The molecule has 0 spiro atoms. The van der Waals surface area contributed by atoms with Crippen LogP contribution in [-0.2, 0) is 9.53 Å². The molecule has 0 saturated heterocycles. The van der Waals surface area contributed by atoms with Crippen LogP contribution < -0.4 is 5.73 Å². The maximum atomic E-state index is 11.2. The van der Waals surface area contributed by atoms with Crippen molar-refractivity contribution in [3.63, 3.8) is 0 Å². The lowest BCUT2D eigenvalue weighted by atomic mass is 9.48. The third-order valence-electron chi connectivity index (χ3n) is 5.88. The van der Waals surface area contributed by atoms with E-state index in [-0.39, 0.29) is 11.5 Å². The van der Waals surface area contributed by atoms with Crippen molar-refractivity contribution in [1.82, 2.24) is 0 Å². The van der Waals surface area contributed by atoms with E-state index in [2.05, 4.69) is 0 Å². The van der Waals surface area contributed by atoms with Crippen molar-refractivity contribution in [2.45, 2.75) is 56.9 Å². The van der Waals surface area contributed by atoms with Crippen LogP contribution in [0.25, 0.3) is 0 Å². The maximum absolute atomic E-state index is 11.2. The van der Waals surface area contributed by atoms with E-state index in [1.165, 1.54) is 39.2 Å². The van der Waals surface area contributed by atoms with Crippen LogP contribution in [0.4, 0.5) is 0 Å². The smallest absolute Gasteiger partial charge is 0.305 e. The minimum atomic E-state index is -0.0950. The number of hydrogen-bond donors (Lipinski definition) is 1. The van der Waals surface area contributed by atoms with Gasteiger partial charge in [-0.1, -0.05) is 0 Å². The SMILES string of the molecule is COC(=O)CCCC1(N)C2CC3CC(C2)CC1C3. The Kier molecular flexibility index (Phi) is 3.13. The maximum Gasteiger partial charge on any atom is 0.305 e. The van der Waals surface area contributed by atoms with Gasteiger partial charge in [-0.25, -0.2) is 0 Å². The first-order chi connectivity index (χ1) is 8.61. The van der Waals surface area contributed by atoms with E-state index >= 15 is 0 Å².